The lowest BCUT2D eigenvalue weighted by Crippen LogP contribution is -2.14. The van der Waals surface area contributed by atoms with Crippen LogP contribution in [-0.2, 0) is 10.0 Å². The van der Waals surface area contributed by atoms with Gasteiger partial charge in [0, 0.05) is 5.69 Å². The average molecular weight is 252 g/mol. The van der Waals surface area contributed by atoms with E-state index in [2.05, 4.69) is 14.7 Å². The first-order valence-electron chi connectivity index (χ1n) is 4.86. The fourth-order valence-electron chi connectivity index (χ4n) is 1.34. The molecule has 1 aromatic carbocycles. The number of imidazole rings is 1. The summed E-state index contributed by atoms with van der Waals surface area (Å²) in [6.45, 7) is 1.80. The predicted octanol–water partition coefficient (Wildman–Crippen LogP) is 1.10. The minimum Gasteiger partial charge on any atom is -0.399 e. The molecule has 90 valence electrons. The fourth-order valence-corrected chi connectivity index (χ4v) is 2.37. The molecule has 0 amide bonds. The number of nitrogen functional groups attached to an aromatic ring is 1. The van der Waals surface area contributed by atoms with Gasteiger partial charge < -0.3 is 10.7 Å². The Hall–Kier alpha value is -2.02. The van der Waals surface area contributed by atoms with Crippen LogP contribution in [0.25, 0.3) is 0 Å². The third-order valence-electron chi connectivity index (χ3n) is 2.27. The van der Waals surface area contributed by atoms with Crippen molar-refractivity contribution in [3.05, 3.63) is 36.3 Å². The van der Waals surface area contributed by atoms with Crippen LogP contribution in [0.4, 0.5) is 11.4 Å². The van der Waals surface area contributed by atoms with Crippen LogP contribution in [0.3, 0.4) is 0 Å². The minimum atomic E-state index is -3.63. The Balaban J connectivity index is 2.36. The maximum atomic E-state index is 11.9. The van der Waals surface area contributed by atoms with Gasteiger partial charge in [-0.15, -0.1) is 0 Å². The topological polar surface area (TPSA) is 101 Å². The van der Waals surface area contributed by atoms with Gasteiger partial charge in [0.05, 0.1) is 18.2 Å². The molecule has 0 spiro atoms. The van der Waals surface area contributed by atoms with E-state index < -0.39 is 10.0 Å². The Morgan fingerprint density at radius 1 is 1.41 bits per heavy atom. The summed E-state index contributed by atoms with van der Waals surface area (Å²) in [5.41, 5.74) is 7.36. The highest BCUT2D eigenvalue weighted by molar-refractivity contribution is 7.92. The van der Waals surface area contributed by atoms with Gasteiger partial charge in [-0.2, -0.15) is 8.42 Å². The van der Waals surface area contributed by atoms with Crippen molar-refractivity contribution in [2.24, 2.45) is 0 Å². The van der Waals surface area contributed by atoms with Crippen LogP contribution in [0.15, 0.2) is 35.7 Å². The van der Waals surface area contributed by atoms with Gasteiger partial charge in [-0.25, -0.2) is 4.98 Å². The number of H-pyrrole nitrogens is 1. The Labute approximate surface area is 98.9 Å². The number of hydrogen-bond acceptors (Lipinski definition) is 4. The zero-order chi connectivity index (χ0) is 12.5. The van der Waals surface area contributed by atoms with Gasteiger partial charge in [0.1, 0.15) is 0 Å². The molecule has 0 unspecified atom stereocenters. The summed E-state index contributed by atoms with van der Waals surface area (Å²) >= 11 is 0. The van der Waals surface area contributed by atoms with Gasteiger partial charge in [-0.1, -0.05) is 6.07 Å². The van der Waals surface area contributed by atoms with Crippen molar-refractivity contribution < 1.29 is 8.42 Å². The highest BCUT2D eigenvalue weighted by Crippen LogP contribution is 2.21. The number of anilines is 2. The number of benzene rings is 1. The summed E-state index contributed by atoms with van der Waals surface area (Å²) in [5, 5.41) is 0.0133. The Morgan fingerprint density at radius 3 is 2.82 bits per heavy atom. The molecule has 0 aliphatic carbocycles. The van der Waals surface area contributed by atoms with E-state index in [9.17, 15) is 8.42 Å². The molecule has 7 heteroatoms. The number of hydrogen-bond donors (Lipinski definition) is 3. The van der Waals surface area contributed by atoms with Gasteiger partial charge in [0.15, 0.2) is 5.03 Å². The van der Waals surface area contributed by atoms with E-state index in [0.29, 0.717) is 11.4 Å². The second-order valence-electron chi connectivity index (χ2n) is 3.60. The summed E-state index contributed by atoms with van der Waals surface area (Å²) in [4.78, 5) is 6.21. The zero-order valence-electron chi connectivity index (χ0n) is 9.14. The number of rotatable bonds is 3. The minimum absolute atomic E-state index is 0.0133. The van der Waals surface area contributed by atoms with Crippen LogP contribution < -0.4 is 10.5 Å². The smallest absolute Gasteiger partial charge is 0.278 e. The molecular formula is C10H12N4O2S. The third-order valence-corrected chi connectivity index (χ3v) is 3.56. The van der Waals surface area contributed by atoms with E-state index in [1.54, 1.807) is 25.1 Å². The second kappa shape index (κ2) is 4.10. The molecule has 0 atom stereocenters. The van der Waals surface area contributed by atoms with Crippen molar-refractivity contribution in [3.8, 4) is 0 Å². The molecule has 0 saturated heterocycles. The van der Waals surface area contributed by atoms with E-state index in [1.165, 1.54) is 12.5 Å². The van der Waals surface area contributed by atoms with Crippen molar-refractivity contribution in [1.29, 1.82) is 0 Å². The first-order chi connectivity index (χ1) is 7.99. The quantitative estimate of drug-likeness (QED) is 0.712. The number of aromatic nitrogens is 2. The van der Waals surface area contributed by atoms with E-state index in [-0.39, 0.29) is 5.03 Å². The van der Waals surface area contributed by atoms with Crippen LogP contribution in [0.2, 0.25) is 0 Å². The highest BCUT2D eigenvalue weighted by Gasteiger charge is 2.16. The molecule has 17 heavy (non-hydrogen) atoms. The van der Waals surface area contributed by atoms with Crippen LogP contribution in [-0.4, -0.2) is 18.4 Å². The summed E-state index contributed by atoms with van der Waals surface area (Å²) in [7, 11) is -3.63. The molecule has 0 aliphatic heterocycles. The summed E-state index contributed by atoms with van der Waals surface area (Å²) < 4.78 is 26.3. The van der Waals surface area contributed by atoms with Crippen LogP contribution in [0.1, 0.15) is 5.56 Å². The average Bonchev–Trinajstić information content (AvgIpc) is 2.77. The molecule has 0 bridgehead atoms. The van der Waals surface area contributed by atoms with E-state index in [4.69, 9.17) is 5.73 Å². The molecule has 0 saturated carbocycles. The fraction of sp³-hybridized carbons (Fsp3) is 0.100. The molecule has 0 fully saturated rings. The van der Waals surface area contributed by atoms with E-state index in [1.807, 2.05) is 0 Å². The normalized spacial score (nSPS) is 11.4. The van der Waals surface area contributed by atoms with Crippen molar-refractivity contribution in [1.82, 2.24) is 9.97 Å². The van der Waals surface area contributed by atoms with Crippen molar-refractivity contribution in [3.63, 3.8) is 0 Å². The van der Waals surface area contributed by atoms with Gasteiger partial charge in [0.2, 0.25) is 0 Å². The number of nitrogens with zero attached hydrogens (tertiary/aromatic N) is 1. The van der Waals surface area contributed by atoms with E-state index >= 15 is 0 Å². The Morgan fingerprint density at radius 2 is 2.18 bits per heavy atom. The molecule has 0 radical (unpaired) electrons. The van der Waals surface area contributed by atoms with Crippen LogP contribution in [0.5, 0.6) is 0 Å². The predicted molar refractivity (Wildman–Crippen MR) is 65.0 cm³/mol. The molecule has 4 N–H and O–H groups in total. The molecule has 2 rings (SSSR count). The first-order valence-corrected chi connectivity index (χ1v) is 6.35. The monoisotopic (exact) mass is 252 g/mol. The molecule has 0 aliphatic rings. The maximum Gasteiger partial charge on any atom is 0.278 e. The largest absolute Gasteiger partial charge is 0.399 e. The lowest BCUT2D eigenvalue weighted by atomic mass is 10.2. The van der Waals surface area contributed by atoms with Crippen molar-refractivity contribution >= 4 is 21.4 Å². The van der Waals surface area contributed by atoms with Gasteiger partial charge in [-0.05, 0) is 24.6 Å². The molecule has 1 heterocycles. The summed E-state index contributed by atoms with van der Waals surface area (Å²) in [6, 6.07) is 5.03. The molecular weight excluding hydrogens is 240 g/mol. The van der Waals surface area contributed by atoms with E-state index in [0.717, 1.165) is 5.56 Å². The van der Waals surface area contributed by atoms with Gasteiger partial charge in [0.25, 0.3) is 10.0 Å². The van der Waals surface area contributed by atoms with Gasteiger partial charge in [-0.3, -0.25) is 4.72 Å². The number of nitrogens with two attached hydrogens (primary N) is 1. The summed E-state index contributed by atoms with van der Waals surface area (Å²) in [6.07, 6.45) is 2.55. The Bertz CT molecular complexity index is 620. The third kappa shape index (κ3) is 2.39. The zero-order valence-corrected chi connectivity index (χ0v) is 9.95. The van der Waals surface area contributed by atoms with Crippen molar-refractivity contribution in [2.45, 2.75) is 11.9 Å². The lowest BCUT2D eigenvalue weighted by molar-refractivity contribution is 0.598. The maximum absolute atomic E-state index is 11.9. The number of aryl methyl sites for hydroxylation is 1. The standard InChI is InChI=1S/C10H12N4O2S/c1-7-2-3-8(11)4-9(7)14-17(15,16)10-5-12-6-13-10/h2-6,14H,11H2,1H3,(H,12,13). The van der Waals surface area contributed by atoms with Gasteiger partial charge >= 0.3 is 0 Å². The van der Waals surface area contributed by atoms with Crippen LogP contribution >= 0.6 is 0 Å². The number of aromatic amines is 1. The second-order valence-corrected chi connectivity index (χ2v) is 5.25. The highest BCUT2D eigenvalue weighted by atomic mass is 32.2. The SMILES string of the molecule is Cc1ccc(N)cc1NS(=O)(=O)c1cnc[nH]1. The number of sulfonamides is 1. The molecule has 1 aromatic heterocycles. The number of nitrogens with one attached hydrogen (secondary N) is 2. The molecule has 2 aromatic rings. The summed E-state index contributed by atoms with van der Waals surface area (Å²) in [5.74, 6) is 0. The van der Waals surface area contributed by atoms with Crippen LogP contribution in [0, 0.1) is 6.92 Å². The molecule has 6 nitrogen and oxygen atoms in total. The lowest BCUT2D eigenvalue weighted by Gasteiger charge is -2.09. The van der Waals surface area contributed by atoms with Crippen molar-refractivity contribution in [2.75, 3.05) is 10.5 Å². The Kier molecular flexibility index (Phi) is 2.76. The first kappa shape index (κ1) is 11.5.